The van der Waals surface area contributed by atoms with Gasteiger partial charge in [-0.2, -0.15) is 5.26 Å². The molecular weight excluding hydrogens is 256 g/mol. The van der Waals surface area contributed by atoms with E-state index in [2.05, 4.69) is 9.97 Å². The van der Waals surface area contributed by atoms with E-state index in [0.717, 1.165) is 0 Å². The number of pyridine rings is 2. The Hall–Kier alpha value is -2.39. The molecule has 3 rings (SSSR count). The Morgan fingerprint density at radius 3 is 3.20 bits per heavy atom. The molecule has 6 nitrogen and oxygen atoms in total. The Bertz CT molecular complexity index is 747. The van der Waals surface area contributed by atoms with Gasteiger partial charge in [-0.25, -0.2) is 0 Å². The number of aromatic nitrogens is 2. The fourth-order valence-corrected chi connectivity index (χ4v) is 2.54. The van der Waals surface area contributed by atoms with Crippen molar-refractivity contribution in [3.05, 3.63) is 34.2 Å². The van der Waals surface area contributed by atoms with Crippen molar-refractivity contribution in [2.24, 2.45) is 0 Å². The Labute approximate surface area is 115 Å². The maximum absolute atomic E-state index is 12.0. The van der Waals surface area contributed by atoms with Crippen LogP contribution in [0.3, 0.4) is 0 Å². The highest BCUT2D eigenvalue weighted by Gasteiger charge is 2.24. The summed E-state index contributed by atoms with van der Waals surface area (Å²) in [5, 5.41) is 9.30. The van der Waals surface area contributed by atoms with Crippen molar-refractivity contribution in [2.75, 3.05) is 24.6 Å². The largest absolute Gasteiger partial charge is 0.375 e. The van der Waals surface area contributed by atoms with E-state index < -0.39 is 0 Å². The fraction of sp³-hybridized carbons (Fsp3) is 0.357. The standard InChI is InChI=1S/C14H14N4O2/c1-9-8-18(5-6-20-9)13-10(7-15)14(19)17-11-3-2-4-16-12(11)13/h2-4,9H,5-6,8H2,1H3,(H,17,19)/t9-/m0/s1. The number of anilines is 1. The van der Waals surface area contributed by atoms with Crippen LogP contribution in [0.4, 0.5) is 5.69 Å². The quantitative estimate of drug-likeness (QED) is 0.836. The predicted octanol–water partition coefficient (Wildman–Crippen LogP) is 1.02. The number of nitrogens with zero attached hydrogens (tertiary/aromatic N) is 3. The van der Waals surface area contributed by atoms with Crippen LogP contribution in [0.15, 0.2) is 23.1 Å². The summed E-state index contributed by atoms with van der Waals surface area (Å²) in [4.78, 5) is 21.1. The van der Waals surface area contributed by atoms with Crippen LogP contribution in [0.1, 0.15) is 12.5 Å². The predicted molar refractivity (Wildman–Crippen MR) is 74.7 cm³/mol. The number of rotatable bonds is 1. The van der Waals surface area contributed by atoms with Gasteiger partial charge in [0.1, 0.15) is 17.1 Å². The molecule has 0 spiro atoms. The number of nitrogens with one attached hydrogen (secondary N) is 1. The third-order valence-electron chi connectivity index (χ3n) is 3.41. The van der Waals surface area contributed by atoms with Crippen molar-refractivity contribution in [1.29, 1.82) is 5.26 Å². The molecule has 1 aliphatic heterocycles. The molecule has 0 bridgehead atoms. The summed E-state index contributed by atoms with van der Waals surface area (Å²) < 4.78 is 5.51. The van der Waals surface area contributed by atoms with Crippen molar-refractivity contribution in [2.45, 2.75) is 13.0 Å². The van der Waals surface area contributed by atoms with E-state index in [1.807, 2.05) is 17.9 Å². The molecule has 1 atom stereocenters. The minimum absolute atomic E-state index is 0.0633. The third-order valence-corrected chi connectivity index (χ3v) is 3.41. The number of aromatic amines is 1. The normalized spacial score (nSPS) is 19.0. The number of ether oxygens (including phenoxy) is 1. The smallest absolute Gasteiger partial charge is 0.268 e. The summed E-state index contributed by atoms with van der Waals surface area (Å²) in [6, 6.07) is 5.55. The summed E-state index contributed by atoms with van der Waals surface area (Å²) in [5.41, 5.74) is 1.65. The maximum atomic E-state index is 12.0. The average molecular weight is 270 g/mol. The second-order valence-corrected chi connectivity index (χ2v) is 4.82. The lowest BCUT2D eigenvalue weighted by Crippen LogP contribution is -2.42. The van der Waals surface area contributed by atoms with Gasteiger partial charge in [-0.15, -0.1) is 0 Å². The Morgan fingerprint density at radius 2 is 2.45 bits per heavy atom. The summed E-state index contributed by atoms with van der Waals surface area (Å²) in [5.74, 6) is 0. The van der Waals surface area contributed by atoms with Gasteiger partial charge in [0.2, 0.25) is 0 Å². The van der Waals surface area contributed by atoms with Crippen molar-refractivity contribution in [3.8, 4) is 6.07 Å². The summed E-state index contributed by atoms with van der Waals surface area (Å²) in [7, 11) is 0. The molecule has 0 radical (unpaired) electrons. The molecule has 102 valence electrons. The van der Waals surface area contributed by atoms with Crippen molar-refractivity contribution in [3.63, 3.8) is 0 Å². The summed E-state index contributed by atoms with van der Waals surface area (Å²) in [6.07, 6.45) is 1.73. The average Bonchev–Trinajstić information content (AvgIpc) is 2.45. The first-order valence-electron chi connectivity index (χ1n) is 6.48. The molecule has 1 fully saturated rings. The first-order valence-corrected chi connectivity index (χ1v) is 6.48. The van der Waals surface area contributed by atoms with E-state index in [-0.39, 0.29) is 17.2 Å². The summed E-state index contributed by atoms with van der Waals surface area (Å²) >= 11 is 0. The molecule has 0 aromatic carbocycles. The van der Waals surface area contributed by atoms with Gasteiger partial charge in [0.15, 0.2) is 0 Å². The highest BCUT2D eigenvalue weighted by atomic mass is 16.5. The zero-order valence-electron chi connectivity index (χ0n) is 11.1. The Kier molecular flexibility index (Phi) is 3.12. The third kappa shape index (κ3) is 2.02. The van der Waals surface area contributed by atoms with Crippen molar-refractivity contribution < 1.29 is 4.74 Å². The monoisotopic (exact) mass is 270 g/mol. The number of hydrogen-bond acceptors (Lipinski definition) is 5. The van der Waals surface area contributed by atoms with E-state index >= 15 is 0 Å². The first kappa shape index (κ1) is 12.6. The van der Waals surface area contributed by atoms with E-state index in [9.17, 15) is 10.1 Å². The molecule has 20 heavy (non-hydrogen) atoms. The molecule has 2 aromatic rings. The van der Waals surface area contributed by atoms with Gasteiger partial charge < -0.3 is 14.6 Å². The number of fused-ring (bicyclic) bond motifs is 1. The van der Waals surface area contributed by atoms with Crippen LogP contribution < -0.4 is 10.5 Å². The maximum Gasteiger partial charge on any atom is 0.268 e. The second kappa shape index (κ2) is 4.94. The van der Waals surface area contributed by atoms with E-state index in [1.54, 1.807) is 18.3 Å². The van der Waals surface area contributed by atoms with Crippen LogP contribution in [-0.2, 0) is 4.74 Å². The molecule has 1 aliphatic rings. The molecule has 0 unspecified atom stereocenters. The van der Waals surface area contributed by atoms with Crippen LogP contribution in [0.5, 0.6) is 0 Å². The highest BCUT2D eigenvalue weighted by Crippen LogP contribution is 2.27. The zero-order valence-corrected chi connectivity index (χ0v) is 11.1. The molecular formula is C14H14N4O2. The zero-order chi connectivity index (χ0) is 14.1. The minimum Gasteiger partial charge on any atom is -0.375 e. The van der Waals surface area contributed by atoms with Crippen LogP contribution in [-0.4, -0.2) is 35.8 Å². The topological polar surface area (TPSA) is 82.0 Å². The van der Waals surface area contributed by atoms with Crippen molar-refractivity contribution in [1.82, 2.24) is 9.97 Å². The van der Waals surface area contributed by atoms with Crippen LogP contribution in [0.2, 0.25) is 0 Å². The highest BCUT2D eigenvalue weighted by molar-refractivity contribution is 5.91. The fourth-order valence-electron chi connectivity index (χ4n) is 2.54. The lowest BCUT2D eigenvalue weighted by atomic mass is 10.1. The molecule has 2 aromatic heterocycles. The second-order valence-electron chi connectivity index (χ2n) is 4.82. The molecule has 0 saturated carbocycles. The molecule has 0 amide bonds. The van der Waals surface area contributed by atoms with Gasteiger partial charge in [-0.3, -0.25) is 9.78 Å². The van der Waals surface area contributed by atoms with Gasteiger partial charge in [-0.05, 0) is 19.1 Å². The van der Waals surface area contributed by atoms with Crippen molar-refractivity contribution >= 4 is 16.7 Å². The molecule has 1 saturated heterocycles. The van der Waals surface area contributed by atoms with Gasteiger partial charge in [0, 0.05) is 19.3 Å². The number of hydrogen-bond donors (Lipinski definition) is 1. The lowest BCUT2D eigenvalue weighted by Gasteiger charge is -2.33. The van der Waals surface area contributed by atoms with Gasteiger partial charge in [0.05, 0.1) is 23.9 Å². The SMILES string of the molecule is C[C@H]1CN(c2c(C#N)c(=O)[nH]c3cccnc23)CCO1. The number of nitriles is 1. The number of H-pyrrole nitrogens is 1. The van der Waals surface area contributed by atoms with E-state index in [4.69, 9.17) is 4.74 Å². The van der Waals surface area contributed by atoms with Crippen LogP contribution >= 0.6 is 0 Å². The lowest BCUT2D eigenvalue weighted by molar-refractivity contribution is 0.0533. The van der Waals surface area contributed by atoms with Crippen LogP contribution in [0, 0.1) is 11.3 Å². The van der Waals surface area contributed by atoms with Gasteiger partial charge >= 0.3 is 0 Å². The minimum atomic E-state index is -0.373. The van der Waals surface area contributed by atoms with E-state index in [1.165, 1.54) is 0 Å². The molecule has 3 heterocycles. The van der Waals surface area contributed by atoms with Gasteiger partial charge in [0.25, 0.3) is 5.56 Å². The number of morpholine rings is 1. The molecule has 1 N–H and O–H groups in total. The molecule has 6 heteroatoms. The molecule has 0 aliphatic carbocycles. The summed E-state index contributed by atoms with van der Waals surface area (Å²) in [6.45, 7) is 3.84. The Balaban J connectivity index is 2.26. The Morgan fingerprint density at radius 1 is 1.60 bits per heavy atom. The van der Waals surface area contributed by atoms with Gasteiger partial charge in [-0.1, -0.05) is 0 Å². The van der Waals surface area contributed by atoms with Crippen LogP contribution in [0.25, 0.3) is 11.0 Å². The first-order chi connectivity index (χ1) is 9.70. The van der Waals surface area contributed by atoms with E-state index in [0.29, 0.717) is 36.4 Å².